The summed E-state index contributed by atoms with van der Waals surface area (Å²) in [7, 11) is 0. The average Bonchev–Trinajstić information content (AvgIpc) is 2.51. The molecule has 0 aliphatic carbocycles. The number of carbonyl (C=O) groups excluding carboxylic acids is 1. The minimum absolute atomic E-state index is 0.117. The molecule has 2 rings (SSSR count). The molecule has 4 nitrogen and oxygen atoms in total. The second kappa shape index (κ2) is 5.73. The number of aromatic nitrogens is 1. The smallest absolute Gasteiger partial charge is 0.288 e. The van der Waals surface area contributed by atoms with Crippen LogP contribution in [0.2, 0.25) is 0 Å². The zero-order chi connectivity index (χ0) is 15.6. The molecule has 0 spiro atoms. The molecule has 0 unspecified atom stereocenters. The van der Waals surface area contributed by atoms with Gasteiger partial charge < -0.3 is 0 Å². The van der Waals surface area contributed by atoms with E-state index < -0.39 is 40.7 Å². The Hall–Kier alpha value is -2.71. The number of benzene rings is 1. The molecular weight excluding hydrogens is 297 g/mol. The molecule has 0 aliphatic heterocycles. The first-order chi connectivity index (χ1) is 9.93. The van der Waals surface area contributed by atoms with Gasteiger partial charge in [0.15, 0.2) is 23.3 Å². The van der Waals surface area contributed by atoms with E-state index in [4.69, 9.17) is 0 Å². The van der Waals surface area contributed by atoms with E-state index in [9.17, 15) is 26.7 Å². The van der Waals surface area contributed by atoms with Gasteiger partial charge in [0, 0.05) is 6.20 Å². The normalized spacial score (nSPS) is 10.3. The monoisotopic (exact) mass is 303 g/mol. The molecule has 1 aromatic heterocycles. The van der Waals surface area contributed by atoms with E-state index in [2.05, 4.69) is 4.98 Å². The maximum absolute atomic E-state index is 13.3. The lowest BCUT2D eigenvalue weighted by atomic mass is 10.2. The summed E-state index contributed by atoms with van der Waals surface area (Å²) in [5.41, 5.74) is 1.95. The fourth-order valence-corrected chi connectivity index (χ4v) is 1.40. The Morgan fingerprint density at radius 2 is 1.48 bits per heavy atom. The van der Waals surface area contributed by atoms with Gasteiger partial charge in [-0.15, -0.1) is 0 Å². The van der Waals surface area contributed by atoms with Crippen molar-refractivity contribution in [2.45, 2.75) is 0 Å². The Kier molecular flexibility index (Phi) is 4.01. The summed E-state index contributed by atoms with van der Waals surface area (Å²) in [5, 5.41) is 0. The minimum Gasteiger partial charge on any atom is -0.293 e. The van der Waals surface area contributed by atoms with Crippen LogP contribution < -0.4 is 10.9 Å². The van der Waals surface area contributed by atoms with E-state index in [0.717, 1.165) is 0 Å². The van der Waals surface area contributed by atoms with E-state index in [1.54, 1.807) is 10.9 Å². The minimum atomic E-state index is -2.29. The van der Waals surface area contributed by atoms with Gasteiger partial charge in [-0.1, -0.05) is 6.07 Å². The lowest BCUT2D eigenvalue weighted by Gasteiger charge is -2.11. The van der Waals surface area contributed by atoms with Gasteiger partial charge in [0.1, 0.15) is 11.4 Å². The van der Waals surface area contributed by atoms with Crippen LogP contribution in [0, 0.1) is 29.1 Å². The number of anilines is 1. The highest BCUT2D eigenvalue weighted by Gasteiger charge is 2.26. The highest BCUT2D eigenvalue weighted by Crippen LogP contribution is 2.26. The molecule has 2 aromatic rings. The van der Waals surface area contributed by atoms with Gasteiger partial charge >= 0.3 is 0 Å². The van der Waals surface area contributed by atoms with E-state index in [0.29, 0.717) is 0 Å². The Morgan fingerprint density at radius 3 is 2.00 bits per heavy atom. The molecule has 9 heteroatoms. The summed E-state index contributed by atoms with van der Waals surface area (Å²) in [6.45, 7) is 0. The van der Waals surface area contributed by atoms with Crippen LogP contribution in [0.25, 0.3) is 0 Å². The summed E-state index contributed by atoms with van der Waals surface area (Å²) in [5.74, 6) is -11.6. The number of amides is 1. The molecule has 21 heavy (non-hydrogen) atoms. The molecule has 1 heterocycles. The molecule has 1 amide bonds. The Bertz CT molecular complexity index is 664. The molecule has 0 bridgehead atoms. The molecular formula is C12H6F5N3O. The van der Waals surface area contributed by atoms with E-state index in [-0.39, 0.29) is 5.69 Å². The number of nitrogens with one attached hydrogen (secondary N) is 2. The molecule has 0 radical (unpaired) electrons. The van der Waals surface area contributed by atoms with Gasteiger partial charge in [-0.05, 0) is 12.1 Å². The Balaban J connectivity index is 2.23. The molecule has 0 atom stereocenters. The van der Waals surface area contributed by atoms with Crippen molar-refractivity contribution in [3.8, 4) is 0 Å². The molecule has 110 valence electrons. The predicted octanol–water partition coefficient (Wildman–Crippen LogP) is 2.53. The van der Waals surface area contributed by atoms with Gasteiger partial charge in [-0.25, -0.2) is 22.0 Å². The van der Waals surface area contributed by atoms with E-state index >= 15 is 0 Å². The SMILES string of the molecule is O=C(NNc1c(F)c(F)c(F)c(F)c1F)c1ccccn1. The largest absolute Gasteiger partial charge is 0.293 e. The molecule has 0 aliphatic rings. The molecule has 1 aromatic carbocycles. The van der Waals surface area contributed by atoms with Crippen molar-refractivity contribution in [2.75, 3.05) is 5.43 Å². The Morgan fingerprint density at radius 1 is 0.905 bits per heavy atom. The Labute approximate surface area is 114 Å². The van der Waals surface area contributed by atoms with Crippen molar-refractivity contribution in [3.05, 3.63) is 59.2 Å². The van der Waals surface area contributed by atoms with Crippen molar-refractivity contribution >= 4 is 11.6 Å². The van der Waals surface area contributed by atoms with Crippen molar-refractivity contribution in [2.24, 2.45) is 0 Å². The van der Waals surface area contributed by atoms with Gasteiger partial charge in [-0.2, -0.15) is 0 Å². The summed E-state index contributed by atoms with van der Waals surface area (Å²) in [6, 6.07) is 4.28. The highest BCUT2D eigenvalue weighted by molar-refractivity contribution is 5.92. The lowest BCUT2D eigenvalue weighted by Crippen LogP contribution is -2.31. The van der Waals surface area contributed by atoms with Crippen LogP contribution in [0.3, 0.4) is 0 Å². The van der Waals surface area contributed by atoms with Crippen molar-refractivity contribution in [3.63, 3.8) is 0 Å². The number of halogens is 5. The maximum Gasteiger partial charge on any atom is 0.288 e. The number of pyridine rings is 1. The highest BCUT2D eigenvalue weighted by atomic mass is 19.2. The van der Waals surface area contributed by atoms with Gasteiger partial charge in [0.25, 0.3) is 5.91 Å². The van der Waals surface area contributed by atoms with Crippen molar-refractivity contribution < 1.29 is 26.7 Å². The van der Waals surface area contributed by atoms with Gasteiger partial charge in [0.2, 0.25) is 5.82 Å². The first-order valence-electron chi connectivity index (χ1n) is 5.42. The predicted molar refractivity (Wildman–Crippen MR) is 61.6 cm³/mol. The van der Waals surface area contributed by atoms with Crippen molar-refractivity contribution in [1.29, 1.82) is 0 Å². The molecule has 0 saturated carbocycles. The first-order valence-corrected chi connectivity index (χ1v) is 5.42. The fraction of sp³-hybridized carbons (Fsp3) is 0. The number of hydrazine groups is 1. The van der Waals surface area contributed by atoms with Crippen LogP contribution in [0.5, 0.6) is 0 Å². The average molecular weight is 303 g/mol. The number of carbonyl (C=O) groups is 1. The third-order valence-corrected chi connectivity index (χ3v) is 2.41. The van der Waals surface area contributed by atoms with Crippen LogP contribution in [0.4, 0.5) is 27.6 Å². The maximum atomic E-state index is 13.3. The van der Waals surface area contributed by atoms with Gasteiger partial charge in [0.05, 0.1) is 0 Å². The number of nitrogens with zero attached hydrogens (tertiary/aromatic N) is 1. The number of rotatable bonds is 3. The molecule has 2 N–H and O–H groups in total. The second-order valence-corrected chi connectivity index (χ2v) is 3.74. The summed E-state index contributed by atoms with van der Waals surface area (Å²) < 4.78 is 65.3. The third kappa shape index (κ3) is 2.76. The topological polar surface area (TPSA) is 54.0 Å². The van der Waals surface area contributed by atoms with Gasteiger partial charge in [-0.3, -0.25) is 20.6 Å². The van der Waals surface area contributed by atoms with Crippen LogP contribution in [0.15, 0.2) is 24.4 Å². The summed E-state index contributed by atoms with van der Waals surface area (Å²) in [4.78, 5) is 15.2. The van der Waals surface area contributed by atoms with Crippen LogP contribution in [-0.2, 0) is 0 Å². The molecule has 0 fully saturated rings. The number of hydrogen-bond donors (Lipinski definition) is 2. The second-order valence-electron chi connectivity index (χ2n) is 3.74. The molecule has 0 saturated heterocycles. The number of hydrogen-bond acceptors (Lipinski definition) is 3. The zero-order valence-electron chi connectivity index (χ0n) is 10.1. The van der Waals surface area contributed by atoms with Crippen LogP contribution >= 0.6 is 0 Å². The third-order valence-electron chi connectivity index (χ3n) is 2.41. The lowest BCUT2D eigenvalue weighted by molar-refractivity contribution is 0.0957. The quantitative estimate of drug-likeness (QED) is 0.396. The summed E-state index contributed by atoms with van der Waals surface area (Å²) in [6.07, 6.45) is 1.29. The fourth-order valence-electron chi connectivity index (χ4n) is 1.40. The van der Waals surface area contributed by atoms with E-state index in [1.807, 2.05) is 0 Å². The zero-order valence-corrected chi connectivity index (χ0v) is 10.1. The summed E-state index contributed by atoms with van der Waals surface area (Å²) >= 11 is 0. The van der Waals surface area contributed by atoms with Crippen LogP contribution in [-0.4, -0.2) is 10.9 Å². The standard InChI is InChI=1S/C12H6F5N3O/c13-6-7(14)9(16)11(10(17)8(6)15)19-20-12(21)5-3-1-2-4-18-5/h1-4,19H,(H,20,21). The first kappa shape index (κ1) is 14.7. The van der Waals surface area contributed by atoms with Crippen LogP contribution in [0.1, 0.15) is 10.5 Å². The van der Waals surface area contributed by atoms with E-state index in [1.165, 1.54) is 24.4 Å². The van der Waals surface area contributed by atoms with Crippen molar-refractivity contribution in [1.82, 2.24) is 10.4 Å².